The number of hydrogen-bond acceptors (Lipinski definition) is 3. The molecule has 1 aromatic heterocycles. The van der Waals surface area contributed by atoms with Crippen LogP contribution in [0.3, 0.4) is 0 Å². The normalized spacial score (nSPS) is 12.2. The van der Waals surface area contributed by atoms with Crippen molar-refractivity contribution in [2.24, 2.45) is 5.73 Å². The van der Waals surface area contributed by atoms with Crippen LogP contribution >= 0.6 is 0 Å². The van der Waals surface area contributed by atoms with Gasteiger partial charge in [-0.15, -0.1) is 0 Å². The van der Waals surface area contributed by atoms with Gasteiger partial charge in [0.25, 0.3) is 0 Å². The molecule has 0 bridgehead atoms. The molecule has 2 N–H and O–H groups in total. The molecule has 1 heterocycles. The smallest absolute Gasteiger partial charge is 0.148 e. The van der Waals surface area contributed by atoms with E-state index in [-0.39, 0.29) is 5.54 Å². The molecule has 3 nitrogen and oxygen atoms in total. The lowest BCUT2D eigenvalue weighted by atomic mass is 9.92. The number of aromatic nitrogens is 2. The molecule has 90 valence electrons. The van der Waals surface area contributed by atoms with E-state index in [0.29, 0.717) is 5.92 Å². The molecule has 0 saturated heterocycles. The Balaban J connectivity index is 3.23. The van der Waals surface area contributed by atoms with Crippen LogP contribution in [-0.4, -0.2) is 9.97 Å². The molecule has 0 aliphatic heterocycles. The first-order valence-electron chi connectivity index (χ1n) is 6.08. The van der Waals surface area contributed by atoms with Crippen LogP contribution in [-0.2, 0) is 5.54 Å². The van der Waals surface area contributed by atoms with Gasteiger partial charge in [0.1, 0.15) is 5.82 Å². The van der Waals surface area contributed by atoms with Gasteiger partial charge in [-0.25, -0.2) is 9.97 Å². The van der Waals surface area contributed by atoms with Crippen LogP contribution in [0.25, 0.3) is 0 Å². The van der Waals surface area contributed by atoms with Crippen LogP contribution < -0.4 is 5.73 Å². The van der Waals surface area contributed by atoms with Crippen molar-refractivity contribution < 1.29 is 0 Å². The van der Waals surface area contributed by atoms with Crippen molar-refractivity contribution in [1.82, 2.24) is 9.97 Å². The van der Waals surface area contributed by atoms with Gasteiger partial charge in [-0.3, -0.25) is 0 Å². The zero-order valence-electron chi connectivity index (χ0n) is 11.0. The van der Waals surface area contributed by atoms with Crippen molar-refractivity contribution in [3.05, 3.63) is 23.3 Å². The minimum atomic E-state index is -0.379. The van der Waals surface area contributed by atoms with Gasteiger partial charge in [0.05, 0.1) is 5.54 Å². The van der Waals surface area contributed by atoms with E-state index in [0.717, 1.165) is 30.1 Å². The van der Waals surface area contributed by atoms with Crippen molar-refractivity contribution in [2.45, 2.75) is 58.9 Å². The molecule has 0 aliphatic carbocycles. The third-order valence-electron chi connectivity index (χ3n) is 3.17. The number of nitrogens with zero attached hydrogens (tertiary/aromatic N) is 2. The molecule has 1 aromatic rings. The van der Waals surface area contributed by atoms with Gasteiger partial charge in [0.15, 0.2) is 0 Å². The minimum absolute atomic E-state index is 0.379. The van der Waals surface area contributed by atoms with E-state index < -0.39 is 0 Å². The Bertz CT molecular complexity index is 354. The van der Waals surface area contributed by atoms with Crippen LogP contribution in [0, 0.1) is 6.92 Å². The van der Waals surface area contributed by atoms with Crippen molar-refractivity contribution >= 4 is 0 Å². The summed E-state index contributed by atoms with van der Waals surface area (Å²) in [7, 11) is 0. The fourth-order valence-corrected chi connectivity index (χ4v) is 1.68. The van der Waals surface area contributed by atoms with E-state index >= 15 is 0 Å². The van der Waals surface area contributed by atoms with Gasteiger partial charge < -0.3 is 5.73 Å². The van der Waals surface area contributed by atoms with Crippen molar-refractivity contribution in [2.75, 3.05) is 0 Å². The number of nitrogens with two attached hydrogens (primary N) is 1. The lowest BCUT2D eigenvalue weighted by Gasteiger charge is -2.25. The standard InChI is InChI=1S/C13H23N3/c1-6-13(14,7-2)12-15-10(5)8-11(16-12)9(3)4/h8-9H,6-7,14H2,1-5H3. The second-order valence-corrected chi connectivity index (χ2v) is 4.78. The monoisotopic (exact) mass is 221 g/mol. The highest BCUT2D eigenvalue weighted by atomic mass is 15.0. The highest BCUT2D eigenvalue weighted by molar-refractivity contribution is 5.17. The van der Waals surface area contributed by atoms with E-state index in [9.17, 15) is 0 Å². The SMILES string of the molecule is CCC(N)(CC)c1nc(C)cc(C(C)C)n1. The average molecular weight is 221 g/mol. The molecular weight excluding hydrogens is 198 g/mol. The predicted octanol–water partition coefficient (Wildman–Crippen LogP) is 2.88. The van der Waals surface area contributed by atoms with Gasteiger partial charge in [-0.1, -0.05) is 27.7 Å². The molecule has 0 unspecified atom stereocenters. The summed E-state index contributed by atoms with van der Waals surface area (Å²) in [6.07, 6.45) is 1.73. The number of aryl methyl sites for hydroxylation is 1. The maximum absolute atomic E-state index is 6.33. The topological polar surface area (TPSA) is 51.8 Å². The van der Waals surface area contributed by atoms with Crippen LogP contribution in [0.5, 0.6) is 0 Å². The molecule has 0 radical (unpaired) electrons. The average Bonchev–Trinajstić information content (AvgIpc) is 2.27. The maximum atomic E-state index is 6.33. The van der Waals surface area contributed by atoms with Gasteiger partial charge in [-0.2, -0.15) is 0 Å². The van der Waals surface area contributed by atoms with Gasteiger partial charge in [0.2, 0.25) is 0 Å². The van der Waals surface area contributed by atoms with Gasteiger partial charge in [-0.05, 0) is 31.7 Å². The summed E-state index contributed by atoms with van der Waals surface area (Å²) in [4.78, 5) is 9.10. The van der Waals surface area contributed by atoms with Gasteiger partial charge in [0, 0.05) is 11.4 Å². The Morgan fingerprint density at radius 2 is 1.81 bits per heavy atom. The molecular formula is C13H23N3. The Kier molecular flexibility index (Phi) is 4.03. The van der Waals surface area contributed by atoms with Gasteiger partial charge >= 0.3 is 0 Å². The first-order chi connectivity index (χ1) is 7.42. The molecule has 0 amide bonds. The van der Waals surface area contributed by atoms with Crippen molar-refractivity contribution in [1.29, 1.82) is 0 Å². The number of hydrogen-bond donors (Lipinski definition) is 1. The summed E-state index contributed by atoms with van der Waals surface area (Å²) in [6.45, 7) is 10.5. The first kappa shape index (κ1) is 13.1. The van der Waals surface area contributed by atoms with Crippen molar-refractivity contribution in [3.8, 4) is 0 Å². The molecule has 0 aliphatic rings. The summed E-state index contributed by atoms with van der Waals surface area (Å²) < 4.78 is 0. The fourth-order valence-electron chi connectivity index (χ4n) is 1.68. The third-order valence-corrected chi connectivity index (χ3v) is 3.17. The molecule has 16 heavy (non-hydrogen) atoms. The molecule has 0 saturated carbocycles. The summed E-state index contributed by atoms with van der Waals surface area (Å²) in [6, 6.07) is 2.04. The molecule has 0 fully saturated rings. The van der Waals surface area contributed by atoms with Crippen molar-refractivity contribution in [3.63, 3.8) is 0 Å². The lowest BCUT2D eigenvalue weighted by molar-refractivity contribution is 0.384. The Labute approximate surface area is 98.5 Å². The largest absolute Gasteiger partial charge is 0.319 e. The Morgan fingerprint density at radius 1 is 1.25 bits per heavy atom. The zero-order chi connectivity index (χ0) is 12.3. The molecule has 1 rings (SSSR count). The van der Waals surface area contributed by atoms with E-state index in [1.807, 2.05) is 13.0 Å². The second-order valence-electron chi connectivity index (χ2n) is 4.78. The van der Waals surface area contributed by atoms with Crippen LogP contribution in [0.4, 0.5) is 0 Å². The van der Waals surface area contributed by atoms with Crippen LogP contribution in [0.1, 0.15) is 63.7 Å². The van der Waals surface area contributed by atoms with E-state index in [2.05, 4.69) is 37.7 Å². The lowest BCUT2D eigenvalue weighted by Crippen LogP contribution is -2.37. The summed E-state index contributed by atoms with van der Waals surface area (Å²) in [5, 5.41) is 0. The fraction of sp³-hybridized carbons (Fsp3) is 0.692. The molecule has 0 spiro atoms. The van der Waals surface area contributed by atoms with E-state index in [4.69, 9.17) is 5.73 Å². The molecule has 0 atom stereocenters. The Hall–Kier alpha value is -0.960. The summed E-state index contributed by atoms with van der Waals surface area (Å²) in [5.74, 6) is 1.21. The second kappa shape index (κ2) is 4.91. The first-order valence-corrected chi connectivity index (χ1v) is 6.08. The Morgan fingerprint density at radius 3 is 2.25 bits per heavy atom. The predicted molar refractivity (Wildman–Crippen MR) is 67.3 cm³/mol. The number of rotatable bonds is 4. The van der Waals surface area contributed by atoms with Crippen LogP contribution in [0.2, 0.25) is 0 Å². The highest BCUT2D eigenvalue weighted by Gasteiger charge is 2.27. The van der Waals surface area contributed by atoms with E-state index in [1.165, 1.54) is 0 Å². The quantitative estimate of drug-likeness (QED) is 0.850. The molecule has 3 heteroatoms. The zero-order valence-corrected chi connectivity index (χ0v) is 11.0. The van der Waals surface area contributed by atoms with E-state index in [1.54, 1.807) is 0 Å². The molecule has 0 aromatic carbocycles. The minimum Gasteiger partial charge on any atom is -0.319 e. The maximum Gasteiger partial charge on any atom is 0.148 e. The van der Waals surface area contributed by atoms with Crippen LogP contribution in [0.15, 0.2) is 6.07 Å². The summed E-state index contributed by atoms with van der Waals surface area (Å²) in [5.41, 5.74) is 8.04. The third kappa shape index (κ3) is 2.59. The summed E-state index contributed by atoms with van der Waals surface area (Å²) >= 11 is 0. The highest BCUT2D eigenvalue weighted by Crippen LogP contribution is 2.24.